The molecule has 1 amide bonds. The van der Waals surface area contributed by atoms with Gasteiger partial charge in [-0.25, -0.2) is 4.79 Å². The molecular weight excluding hydrogens is 258 g/mol. The van der Waals surface area contributed by atoms with E-state index in [-0.39, 0.29) is 6.61 Å². The molecule has 0 aliphatic rings. The molecule has 1 atom stereocenters. The van der Waals surface area contributed by atoms with Gasteiger partial charge in [-0.2, -0.15) is 4.98 Å². The summed E-state index contributed by atoms with van der Waals surface area (Å²) in [5.74, 6) is 0.337. The Labute approximate surface area is 116 Å². The lowest BCUT2D eigenvalue weighted by atomic mass is 10.1. The molecule has 2 aromatic rings. The van der Waals surface area contributed by atoms with Gasteiger partial charge in [0.2, 0.25) is 5.89 Å². The lowest BCUT2D eigenvalue weighted by Gasteiger charge is -2.14. The summed E-state index contributed by atoms with van der Waals surface area (Å²) in [5.41, 5.74) is 1.04. The van der Waals surface area contributed by atoms with Gasteiger partial charge >= 0.3 is 6.09 Å². The van der Waals surface area contributed by atoms with Crippen molar-refractivity contribution in [2.24, 2.45) is 0 Å². The van der Waals surface area contributed by atoms with Gasteiger partial charge in [0, 0.05) is 6.42 Å². The minimum atomic E-state index is -0.552. The fourth-order valence-electron chi connectivity index (χ4n) is 1.70. The van der Waals surface area contributed by atoms with Crippen LogP contribution in [0.15, 0.2) is 53.8 Å². The van der Waals surface area contributed by atoms with E-state index in [9.17, 15) is 4.79 Å². The molecule has 0 bridgehead atoms. The Morgan fingerprint density at radius 1 is 1.45 bits per heavy atom. The predicted molar refractivity (Wildman–Crippen MR) is 71.9 cm³/mol. The third kappa shape index (κ3) is 3.94. The molecule has 0 fully saturated rings. The van der Waals surface area contributed by atoms with Crippen LogP contribution < -0.4 is 5.32 Å². The van der Waals surface area contributed by atoms with E-state index in [1.54, 1.807) is 0 Å². The van der Waals surface area contributed by atoms with E-state index < -0.39 is 12.1 Å². The first kappa shape index (κ1) is 13.8. The molecule has 2 rings (SSSR count). The number of benzene rings is 1. The maximum absolute atomic E-state index is 11.6. The number of hydrogen-bond donors (Lipinski definition) is 1. The van der Waals surface area contributed by atoms with Crippen molar-refractivity contribution in [1.29, 1.82) is 0 Å². The minimum Gasteiger partial charge on any atom is -0.445 e. The summed E-state index contributed by atoms with van der Waals surface area (Å²) in [6, 6.07) is 9.26. The van der Waals surface area contributed by atoms with Gasteiger partial charge in [0.05, 0.1) is 0 Å². The van der Waals surface area contributed by atoms with Gasteiger partial charge in [0.15, 0.2) is 6.33 Å². The number of rotatable bonds is 6. The van der Waals surface area contributed by atoms with Crippen molar-refractivity contribution >= 4 is 6.09 Å². The molecule has 1 heterocycles. The molecule has 1 N–H and O–H groups in total. The highest BCUT2D eigenvalue weighted by Gasteiger charge is 2.20. The van der Waals surface area contributed by atoms with Crippen LogP contribution in [0.5, 0.6) is 0 Å². The maximum Gasteiger partial charge on any atom is 0.408 e. The van der Waals surface area contributed by atoms with Crippen molar-refractivity contribution in [2.75, 3.05) is 6.61 Å². The second-order valence-electron chi connectivity index (χ2n) is 4.05. The third-order valence-corrected chi connectivity index (χ3v) is 2.58. The van der Waals surface area contributed by atoms with Crippen molar-refractivity contribution in [2.45, 2.75) is 12.5 Å². The van der Waals surface area contributed by atoms with Crippen LogP contribution in [0.1, 0.15) is 17.5 Å². The fourth-order valence-corrected chi connectivity index (χ4v) is 1.70. The summed E-state index contributed by atoms with van der Waals surface area (Å²) < 4.78 is 9.92. The van der Waals surface area contributed by atoms with Crippen molar-refractivity contribution < 1.29 is 14.1 Å². The number of ether oxygens (including phenoxy) is 1. The zero-order valence-electron chi connectivity index (χ0n) is 10.9. The van der Waals surface area contributed by atoms with Crippen LogP contribution in [-0.2, 0) is 11.2 Å². The number of aromatic nitrogens is 2. The molecule has 0 saturated carbocycles. The second kappa shape index (κ2) is 7.08. The van der Waals surface area contributed by atoms with E-state index in [0.717, 1.165) is 5.56 Å². The van der Waals surface area contributed by atoms with Crippen molar-refractivity contribution in [3.05, 3.63) is 60.8 Å². The van der Waals surface area contributed by atoms with Crippen LogP contribution in [0.2, 0.25) is 0 Å². The van der Waals surface area contributed by atoms with Crippen molar-refractivity contribution in [3.63, 3.8) is 0 Å². The zero-order valence-corrected chi connectivity index (χ0v) is 10.9. The second-order valence-corrected chi connectivity index (χ2v) is 4.05. The van der Waals surface area contributed by atoms with E-state index in [1.165, 1.54) is 12.4 Å². The van der Waals surface area contributed by atoms with Gasteiger partial charge in [-0.3, -0.25) is 0 Å². The van der Waals surface area contributed by atoms with E-state index in [1.807, 2.05) is 30.3 Å². The monoisotopic (exact) mass is 273 g/mol. The smallest absolute Gasteiger partial charge is 0.408 e. The number of nitrogens with one attached hydrogen (secondary N) is 1. The lowest BCUT2D eigenvalue weighted by Crippen LogP contribution is -2.30. The molecular formula is C14H15N3O3. The summed E-state index contributed by atoms with van der Waals surface area (Å²) in [7, 11) is 0. The van der Waals surface area contributed by atoms with Crippen LogP contribution in [0, 0.1) is 0 Å². The quantitative estimate of drug-likeness (QED) is 0.817. The SMILES string of the molecule is C=CCOC(=O)NC(Cc1ccccc1)c1ncno1. The first-order chi connectivity index (χ1) is 9.79. The van der Waals surface area contributed by atoms with Gasteiger partial charge in [-0.1, -0.05) is 48.1 Å². The summed E-state index contributed by atoms with van der Waals surface area (Å²) >= 11 is 0. The van der Waals surface area contributed by atoms with Crippen molar-refractivity contribution in [1.82, 2.24) is 15.5 Å². The first-order valence-corrected chi connectivity index (χ1v) is 6.14. The standard InChI is InChI=1S/C14H15N3O3/c1-2-8-19-14(18)17-12(13-15-10-16-20-13)9-11-6-4-3-5-7-11/h2-7,10,12H,1,8-9H2,(H,17,18). The molecule has 20 heavy (non-hydrogen) atoms. The van der Waals surface area contributed by atoms with Crippen LogP contribution in [0.3, 0.4) is 0 Å². The Bertz CT molecular complexity index is 540. The Kier molecular flexibility index (Phi) is 4.88. The molecule has 0 spiro atoms. The largest absolute Gasteiger partial charge is 0.445 e. The molecule has 0 aliphatic heterocycles. The Morgan fingerprint density at radius 3 is 2.90 bits per heavy atom. The normalized spacial score (nSPS) is 11.6. The number of alkyl carbamates (subject to hydrolysis) is 1. The van der Waals surface area contributed by atoms with Gasteiger partial charge in [-0.15, -0.1) is 0 Å². The highest BCUT2D eigenvalue weighted by atomic mass is 16.5. The fraction of sp³-hybridized carbons (Fsp3) is 0.214. The third-order valence-electron chi connectivity index (χ3n) is 2.58. The zero-order chi connectivity index (χ0) is 14.2. The number of nitrogens with zero attached hydrogens (tertiary/aromatic N) is 2. The summed E-state index contributed by atoms with van der Waals surface area (Å²) in [6.45, 7) is 3.63. The van der Waals surface area contributed by atoms with E-state index >= 15 is 0 Å². The molecule has 104 valence electrons. The molecule has 0 saturated heterocycles. The molecule has 1 unspecified atom stereocenters. The Hall–Kier alpha value is -2.63. The number of carbonyl (C=O) groups excluding carboxylic acids is 1. The average Bonchev–Trinajstić information content (AvgIpc) is 3.00. The topological polar surface area (TPSA) is 77.2 Å². The molecule has 0 radical (unpaired) electrons. The van der Waals surface area contributed by atoms with Gasteiger partial charge in [-0.05, 0) is 5.56 Å². The minimum absolute atomic E-state index is 0.147. The van der Waals surface area contributed by atoms with Crippen LogP contribution in [0.25, 0.3) is 0 Å². The summed E-state index contributed by atoms with van der Waals surface area (Å²) in [5, 5.41) is 6.26. The molecule has 6 nitrogen and oxygen atoms in total. The van der Waals surface area contributed by atoms with E-state index in [2.05, 4.69) is 22.0 Å². The summed E-state index contributed by atoms with van der Waals surface area (Å²) in [4.78, 5) is 15.6. The molecule has 1 aromatic carbocycles. The van der Waals surface area contributed by atoms with Gasteiger partial charge < -0.3 is 14.6 Å². The highest BCUT2D eigenvalue weighted by molar-refractivity contribution is 5.67. The number of amides is 1. The van der Waals surface area contributed by atoms with Crippen LogP contribution in [-0.4, -0.2) is 22.8 Å². The number of hydrogen-bond acceptors (Lipinski definition) is 5. The molecule has 0 aliphatic carbocycles. The maximum atomic E-state index is 11.6. The van der Waals surface area contributed by atoms with Crippen LogP contribution >= 0.6 is 0 Å². The van der Waals surface area contributed by atoms with E-state index in [0.29, 0.717) is 12.3 Å². The molecule has 6 heteroatoms. The Balaban J connectivity index is 2.05. The average molecular weight is 273 g/mol. The molecule has 1 aromatic heterocycles. The first-order valence-electron chi connectivity index (χ1n) is 6.14. The lowest BCUT2D eigenvalue weighted by molar-refractivity contribution is 0.151. The van der Waals surface area contributed by atoms with E-state index in [4.69, 9.17) is 9.26 Å². The van der Waals surface area contributed by atoms with Gasteiger partial charge in [0.25, 0.3) is 0 Å². The Morgan fingerprint density at radius 2 is 2.25 bits per heavy atom. The van der Waals surface area contributed by atoms with Gasteiger partial charge in [0.1, 0.15) is 12.6 Å². The van der Waals surface area contributed by atoms with Crippen LogP contribution in [0.4, 0.5) is 4.79 Å². The highest BCUT2D eigenvalue weighted by Crippen LogP contribution is 2.16. The number of carbonyl (C=O) groups is 1. The van der Waals surface area contributed by atoms with Crippen molar-refractivity contribution in [3.8, 4) is 0 Å². The predicted octanol–water partition coefficient (Wildman–Crippen LogP) is 2.27. The summed E-state index contributed by atoms with van der Waals surface area (Å²) in [6.07, 6.45) is 2.78.